The van der Waals surface area contributed by atoms with Gasteiger partial charge in [0.15, 0.2) is 0 Å². The third kappa shape index (κ3) is 1.82. The highest BCUT2D eigenvalue weighted by Crippen LogP contribution is 2.32. The molecule has 0 spiro atoms. The molecule has 0 aliphatic heterocycles. The number of aromatic nitrogens is 2. The van der Waals surface area contributed by atoms with Gasteiger partial charge in [0, 0.05) is 14.0 Å². The summed E-state index contributed by atoms with van der Waals surface area (Å²) in [6.07, 6.45) is 1.50. The molecule has 7 nitrogen and oxygen atoms in total. The largest absolute Gasteiger partial charge is 0.328 e. The molecule has 88 valence electrons. The van der Waals surface area contributed by atoms with Gasteiger partial charge in [0.05, 0.1) is 16.8 Å². The van der Waals surface area contributed by atoms with Crippen molar-refractivity contribution in [3.05, 3.63) is 28.6 Å². The van der Waals surface area contributed by atoms with E-state index in [9.17, 15) is 14.9 Å². The van der Waals surface area contributed by atoms with E-state index in [4.69, 9.17) is 0 Å². The first kappa shape index (κ1) is 11.1. The van der Waals surface area contributed by atoms with E-state index in [0.717, 1.165) is 0 Å². The van der Waals surface area contributed by atoms with Gasteiger partial charge >= 0.3 is 5.69 Å². The highest BCUT2D eigenvalue weighted by Gasteiger charge is 2.22. The lowest BCUT2D eigenvalue weighted by molar-refractivity contribution is -0.382. The number of carbonyl (C=O) groups is 1. The average molecular weight is 234 g/mol. The van der Waals surface area contributed by atoms with E-state index >= 15 is 0 Å². The maximum atomic E-state index is 11.1. The molecule has 1 N–H and O–H groups in total. The van der Waals surface area contributed by atoms with Gasteiger partial charge in [0.1, 0.15) is 11.2 Å². The molecule has 1 aromatic heterocycles. The molecular formula is C10H10N4O3. The second-order valence-electron chi connectivity index (χ2n) is 3.62. The summed E-state index contributed by atoms with van der Waals surface area (Å²) in [5.41, 5.74) is 0.950. The van der Waals surface area contributed by atoms with Crippen molar-refractivity contribution in [3.63, 3.8) is 0 Å². The van der Waals surface area contributed by atoms with Gasteiger partial charge in [-0.05, 0) is 12.1 Å². The summed E-state index contributed by atoms with van der Waals surface area (Å²) in [5.74, 6) is -0.352. The van der Waals surface area contributed by atoms with Gasteiger partial charge in [-0.2, -0.15) is 0 Å². The smallest absolute Gasteiger partial charge is 0.318 e. The minimum Gasteiger partial charge on any atom is -0.328 e. The van der Waals surface area contributed by atoms with Crippen LogP contribution >= 0.6 is 0 Å². The van der Waals surface area contributed by atoms with Crippen molar-refractivity contribution >= 4 is 28.3 Å². The van der Waals surface area contributed by atoms with E-state index in [1.165, 1.54) is 19.3 Å². The van der Waals surface area contributed by atoms with E-state index in [1.807, 2.05) is 0 Å². The minimum atomic E-state index is -0.519. The molecule has 2 aromatic rings. The second kappa shape index (κ2) is 3.85. The zero-order valence-electron chi connectivity index (χ0n) is 9.30. The van der Waals surface area contributed by atoms with E-state index in [2.05, 4.69) is 10.3 Å². The molecule has 0 fully saturated rings. The van der Waals surface area contributed by atoms with Crippen LogP contribution < -0.4 is 5.32 Å². The number of hydrogen-bond acceptors (Lipinski definition) is 4. The normalized spacial score (nSPS) is 10.5. The maximum Gasteiger partial charge on any atom is 0.318 e. The second-order valence-corrected chi connectivity index (χ2v) is 3.62. The van der Waals surface area contributed by atoms with Gasteiger partial charge < -0.3 is 9.88 Å². The van der Waals surface area contributed by atoms with Crippen molar-refractivity contribution in [2.45, 2.75) is 6.92 Å². The zero-order valence-corrected chi connectivity index (χ0v) is 9.30. The number of nitro groups is 1. The fourth-order valence-corrected chi connectivity index (χ4v) is 1.70. The Bertz CT molecular complexity index is 617. The lowest BCUT2D eigenvalue weighted by atomic mass is 10.2. The van der Waals surface area contributed by atoms with Gasteiger partial charge in [0.2, 0.25) is 5.91 Å². The molecular weight excluding hydrogens is 224 g/mol. The number of aryl methyl sites for hydroxylation is 1. The summed E-state index contributed by atoms with van der Waals surface area (Å²) in [6, 6.07) is 3.11. The predicted molar refractivity (Wildman–Crippen MR) is 61.7 cm³/mol. The summed E-state index contributed by atoms with van der Waals surface area (Å²) < 4.78 is 1.55. The Balaban J connectivity index is 2.76. The van der Waals surface area contributed by atoms with Crippen molar-refractivity contribution in [2.75, 3.05) is 5.32 Å². The SMILES string of the molecule is CC(=O)Nc1ccc2ncn(C)c2c1[N+](=O)[O-]. The van der Waals surface area contributed by atoms with E-state index in [1.54, 1.807) is 17.7 Å². The standard InChI is InChI=1S/C10H10N4O3/c1-6(15)12-8-4-3-7-9(10(8)14(16)17)13(2)5-11-7/h3-5H,1-2H3,(H,12,15). The summed E-state index contributed by atoms with van der Waals surface area (Å²) in [5, 5.41) is 13.5. The van der Waals surface area contributed by atoms with Crippen molar-refractivity contribution in [3.8, 4) is 0 Å². The highest BCUT2D eigenvalue weighted by atomic mass is 16.6. The van der Waals surface area contributed by atoms with Gasteiger partial charge in [0.25, 0.3) is 0 Å². The fraction of sp³-hybridized carbons (Fsp3) is 0.200. The lowest BCUT2D eigenvalue weighted by Crippen LogP contribution is -2.08. The summed E-state index contributed by atoms with van der Waals surface area (Å²) in [6.45, 7) is 1.30. The molecule has 0 radical (unpaired) electrons. The number of hydrogen-bond donors (Lipinski definition) is 1. The van der Waals surface area contributed by atoms with Crippen molar-refractivity contribution in [1.82, 2.24) is 9.55 Å². The van der Waals surface area contributed by atoms with Gasteiger partial charge in [-0.1, -0.05) is 0 Å². The Hall–Kier alpha value is -2.44. The predicted octanol–water partition coefficient (Wildman–Crippen LogP) is 1.44. The van der Waals surface area contributed by atoms with Crippen LogP contribution in [0.5, 0.6) is 0 Å². The van der Waals surface area contributed by atoms with Crippen molar-refractivity contribution < 1.29 is 9.72 Å². The molecule has 1 amide bonds. The molecule has 0 aliphatic carbocycles. The number of nitrogens with zero attached hydrogens (tertiary/aromatic N) is 3. The Kier molecular flexibility index (Phi) is 2.51. The Morgan fingerprint density at radius 2 is 2.24 bits per heavy atom. The van der Waals surface area contributed by atoms with Crippen molar-refractivity contribution in [2.24, 2.45) is 7.05 Å². The van der Waals surface area contributed by atoms with Crippen LogP contribution in [0.15, 0.2) is 18.5 Å². The number of benzene rings is 1. The number of fused-ring (bicyclic) bond motifs is 1. The number of anilines is 1. The fourth-order valence-electron chi connectivity index (χ4n) is 1.70. The monoisotopic (exact) mass is 234 g/mol. The van der Waals surface area contributed by atoms with E-state index in [0.29, 0.717) is 11.0 Å². The van der Waals surface area contributed by atoms with Crippen LogP contribution in [0.25, 0.3) is 11.0 Å². The molecule has 0 aliphatic rings. The van der Waals surface area contributed by atoms with Crippen LogP contribution in [0.3, 0.4) is 0 Å². The molecule has 7 heteroatoms. The molecule has 0 bridgehead atoms. The third-order valence-corrected chi connectivity index (χ3v) is 2.35. The van der Waals surface area contributed by atoms with Crippen LogP contribution in [-0.2, 0) is 11.8 Å². The number of imidazole rings is 1. The lowest BCUT2D eigenvalue weighted by Gasteiger charge is -2.05. The quantitative estimate of drug-likeness (QED) is 0.628. The number of carbonyl (C=O) groups excluding carboxylic acids is 1. The van der Waals surface area contributed by atoms with Crippen LogP contribution in [0, 0.1) is 10.1 Å². The van der Waals surface area contributed by atoms with Crippen molar-refractivity contribution in [1.29, 1.82) is 0 Å². The molecule has 2 rings (SSSR count). The van der Waals surface area contributed by atoms with Crippen LogP contribution in [0.4, 0.5) is 11.4 Å². The molecule has 0 atom stereocenters. The molecule has 1 heterocycles. The molecule has 17 heavy (non-hydrogen) atoms. The first-order chi connectivity index (χ1) is 8.00. The van der Waals surface area contributed by atoms with Gasteiger partial charge in [-0.3, -0.25) is 14.9 Å². The first-order valence-electron chi connectivity index (χ1n) is 4.86. The molecule has 0 saturated heterocycles. The minimum absolute atomic E-state index is 0.141. The summed E-state index contributed by atoms with van der Waals surface area (Å²) >= 11 is 0. The topological polar surface area (TPSA) is 90.1 Å². The Labute approximate surface area is 96.2 Å². The molecule has 0 unspecified atom stereocenters. The summed E-state index contributed by atoms with van der Waals surface area (Å²) in [7, 11) is 1.67. The molecule has 0 saturated carbocycles. The average Bonchev–Trinajstić information content (AvgIpc) is 2.59. The van der Waals surface area contributed by atoms with Crippen LogP contribution in [0.2, 0.25) is 0 Å². The number of nitrogens with one attached hydrogen (secondary N) is 1. The number of amides is 1. The third-order valence-electron chi connectivity index (χ3n) is 2.35. The van der Waals surface area contributed by atoms with E-state index < -0.39 is 4.92 Å². The number of nitro benzene ring substituents is 1. The molecule has 1 aromatic carbocycles. The van der Waals surface area contributed by atoms with Gasteiger partial charge in [-0.15, -0.1) is 0 Å². The maximum absolute atomic E-state index is 11.1. The summed E-state index contributed by atoms with van der Waals surface area (Å²) in [4.78, 5) is 25.6. The van der Waals surface area contributed by atoms with Crippen LogP contribution in [-0.4, -0.2) is 20.4 Å². The number of rotatable bonds is 2. The van der Waals surface area contributed by atoms with Gasteiger partial charge in [-0.25, -0.2) is 4.98 Å². The Morgan fingerprint density at radius 3 is 2.82 bits per heavy atom. The van der Waals surface area contributed by atoms with E-state index in [-0.39, 0.29) is 17.3 Å². The first-order valence-corrected chi connectivity index (χ1v) is 4.86. The Morgan fingerprint density at radius 1 is 1.53 bits per heavy atom. The van der Waals surface area contributed by atoms with Crippen LogP contribution in [0.1, 0.15) is 6.92 Å². The zero-order chi connectivity index (χ0) is 12.6. The highest BCUT2D eigenvalue weighted by molar-refractivity contribution is 5.98.